The summed E-state index contributed by atoms with van der Waals surface area (Å²) >= 11 is 0. The van der Waals surface area contributed by atoms with E-state index < -0.39 is 11.2 Å². The molecule has 0 spiro atoms. The summed E-state index contributed by atoms with van der Waals surface area (Å²) in [6, 6.07) is 7.58. The molecule has 0 amide bonds. The summed E-state index contributed by atoms with van der Waals surface area (Å²) in [6.45, 7) is 3.34. The average molecular weight is 336 g/mol. The van der Waals surface area contributed by atoms with Crippen LogP contribution < -0.4 is 11.2 Å². The van der Waals surface area contributed by atoms with Crippen LogP contribution >= 0.6 is 0 Å². The number of hydrogen-bond acceptors (Lipinski definition) is 4. The van der Waals surface area contributed by atoms with Crippen molar-refractivity contribution in [2.75, 3.05) is 0 Å². The number of hydrogen-bond donors (Lipinski definition) is 0. The Morgan fingerprint density at radius 3 is 2.28 bits per heavy atom. The Hall–Kier alpha value is -3.15. The van der Waals surface area contributed by atoms with E-state index in [-0.39, 0.29) is 11.5 Å². The number of aryl methyl sites for hydroxylation is 2. The van der Waals surface area contributed by atoms with Crippen LogP contribution in [0.1, 0.15) is 22.8 Å². The van der Waals surface area contributed by atoms with Crippen molar-refractivity contribution in [2.24, 2.45) is 14.1 Å². The first-order chi connectivity index (χ1) is 11.8. The number of ketones is 1. The molecule has 4 aromatic rings. The minimum absolute atomic E-state index is 0.144. The molecule has 0 aliphatic heterocycles. The second-order valence-corrected chi connectivity index (χ2v) is 6.29. The number of Topliss-reactive ketones (excluding diaryl/α,β-unsaturated/α-hetero) is 1. The number of benzene rings is 2. The van der Waals surface area contributed by atoms with Gasteiger partial charge in [0.05, 0.1) is 5.56 Å². The minimum atomic E-state index is -0.470. The lowest BCUT2D eigenvalue weighted by molar-refractivity contribution is 0.101. The smallest absolute Gasteiger partial charge is 0.333 e. The maximum atomic E-state index is 12.8. The maximum absolute atomic E-state index is 12.8. The molecular formula is C19H16N2O4. The van der Waals surface area contributed by atoms with Crippen molar-refractivity contribution >= 4 is 38.6 Å². The van der Waals surface area contributed by atoms with Crippen LogP contribution in [0.3, 0.4) is 0 Å². The molecule has 126 valence electrons. The van der Waals surface area contributed by atoms with Gasteiger partial charge >= 0.3 is 5.69 Å². The zero-order valence-corrected chi connectivity index (χ0v) is 14.3. The summed E-state index contributed by atoms with van der Waals surface area (Å²) in [5.74, 6) is -0.144. The predicted octanol–water partition coefficient (Wildman–Crippen LogP) is 2.65. The van der Waals surface area contributed by atoms with Gasteiger partial charge in [0.1, 0.15) is 11.0 Å². The highest BCUT2D eigenvalue weighted by atomic mass is 16.3. The second kappa shape index (κ2) is 4.92. The number of carbonyl (C=O) groups is 1. The molecule has 0 radical (unpaired) electrons. The molecule has 6 nitrogen and oxygen atoms in total. The van der Waals surface area contributed by atoms with Crippen molar-refractivity contribution in [3.05, 3.63) is 56.2 Å². The van der Waals surface area contributed by atoms with Crippen LogP contribution in [-0.2, 0) is 14.1 Å². The van der Waals surface area contributed by atoms with Gasteiger partial charge in [0.2, 0.25) is 5.71 Å². The summed E-state index contributed by atoms with van der Waals surface area (Å²) in [6.07, 6.45) is 0. The molecule has 2 heterocycles. The molecule has 0 saturated carbocycles. The van der Waals surface area contributed by atoms with Crippen LogP contribution in [-0.4, -0.2) is 14.9 Å². The van der Waals surface area contributed by atoms with E-state index in [1.807, 2.05) is 31.2 Å². The Morgan fingerprint density at radius 1 is 1.00 bits per heavy atom. The highest BCUT2D eigenvalue weighted by Crippen LogP contribution is 2.37. The van der Waals surface area contributed by atoms with Crippen molar-refractivity contribution in [3.8, 4) is 0 Å². The van der Waals surface area contributed by atoms with Gasteiger partial charge in [-0.25, -0.2) is 4.79 Å². The van der Waals surface area contributed by atoms with Gasteiger partial charge in [0.15, 0.2) is 5.78 Å². The Morgan fingerprint density at radius 2 is 1.64 bits per heavy atom. The van der Waals surface area contributed by atoms with Gasteiger partial charge in [0, 0.05) is 19.5 Å². The normalized spacial score (nSPS) is 11.7. The molecule has 2 aromatic heterocycles. The van der Waals surface area contributed by atoms with Crippen molar-refractivity contribution in [1.29, 1.82) is 0 Å². The topological polar surface area (TPSA) is 74.2 Å². The molecule has 0 unspecified atom stereocenters. The van der Waals surface area contributed by atoms with Crippen LogP contribution in [0.2, 0.25) is 0 Å². The van der Waals surface area contributed by atoms with Crippen LogP contribution in [0.25, 0.3) is 32.8 Å². The Kier molecular flexibility index (Phi) is 3.03. The summed E-state index contributed by atoms with van der Waals surface area (Å²) in [5, 5.41) is 2.62. The number of furan rings is 1. The lowest BCUT2D eigenvalue weighted by atomic mass is 9.94. The Balaban J connectivity index is 2.50. The summed E-state index contributed by atoms with van der Waals surface area (Å²) in [5.41, 5.74) is 0.886. The number of nitrogens with zero attached hydrogens (tertiary/aromatic N) is 2. The first kappa shape index (κ1) is 15.4. The molecule has 0 aliphatic rings. The summed E-state index contributed by atoms with van der Waals surface area (Å²) < 4.78 is 8.26. The van der Waals surface area contributed by atoms with E-state index in [0.717, 1.165) is 20.9 Å². The van der Waals surface area contributed by atoms with E-state index in [2.05, 4.69) is 0 Å². The monoisotopic (exact) mass is 336 g/mol. The Labute approximate surface area is 141 Å². The molecule has 4 rings (SSSR count). The van der Waals surface area contributed by atoms with E-state index >= 15 is 0 Å². The third-order valence-electron chi connectivity index (χ3n) is 4.84. The highest BCUT2D eigenvalue weighted by Gasteiger charge is 2.24. The van der Waals surface area contributed by atoms with Gasteiger partial charge < -0.3 is 4.42 Å². The summed E-state index contributed by atoms with van der Waals surface area (Å²) in [4.78, 5) is 37.3. The molecule has 0 N–H and O–H groups in total. The highest BCUT2D eigenvalue weighted by molar-refractivity contribution is 6.24. The summed E-state index contributed by atoms with van der Waals surface area (Å²) in [7, 11) is 2.99. The van der Waals surface area contributed by atoms with Crippen LogP contribution in [0.5, 0.6) is 0 Å². The molecule has 0 atom stereocenters. The van der Waals surface area contributed by atoms with Crippen molar-refractivity contribution in [3.63, 3.8) is 0 Å². The number of aromatic nitrogens is 2. The first-order valence-electron chi connectivity index (χ1n) is 7.89. The molecule has 0 fully saturated rings. The van der Waals surface area contributed by atoms with Gasteiger partial charge in [-0.05, 0) is 30.2 Å². The van der Waals surface area contributed by atoms with Crippen LogP contribution in [0.4, 0.5) is 0 Å². The van der Waals surface area contributed by atoms with Gasteiger partial charge in [-0.3, -0.25) is 18.7 Å². The lowest BCUT2D eigenvalue weighted by Gasteiger charge is -2.08. The van der Waals surface area contributed by atoms with E-state index in [4.69, 9.17) is 4.42 Å². The minimum Gasteiger partial charge on any atom is -0.438 e. The zero-order valence-electron chi connectivity index (χ0n) is 14.3. The van der Waals surface area contributed by atoms with Crippen molar-refractivity contribution < 1.29 is 9.21 Å². The quantitative estimate of drug-likeness (QED) is 0.501. The average Bonchev–Trinajstić information content (AvgIpc) is 2.98. The van der Waals surface area contributed by atoms with Crippen LogP contribution in [0.15, 0.2) is 38.3 Å². The van der Waals surface area contributed by atoms with E-state index in [1.165, 1.54) is 18.5 Å². The molecule has 0 bridgehead atoms. The largest absolute Gasteiger partial charge is 0.438 e. The number of rotatable bonds is 1. The van der Waals surface area contributed by atoms with Crippen molar-refractivity contribution in [1.82, 2.24) is 9.13 Å². The number of carbonyl (C=O) groups excluding carboxylic acids is 1. The fraction of sp³-hybridized carbons (Fsp3) is 0.211. The van der Waals surface area contributed by atoms with Gasteiger partial charge in [-0.1, -0.05) is 24.3 Å². The standard InChI is InChI=1S/C19H16N2O4/c1-9-11-7-5-6-8-12(11)14-15-17(23)20(3)19(24)21(4)18(15)25-16(14)13(9)10(2)22/h5-8H,1-4H3. The fourth-order valence-electron chi connectivity index (χ4n) is 3.61. The fourth-order valence-corrected chi connectivity index (χ4v) is 3.61. The SMILES string of the molecule is CC(=O)c1c(C)c2ccccc2c2c1oc1c2c(=O)n(C)c(=O)n1C. The van der Waals surface area contributed by atoms with Crippen molar-refractivity contribution in [2.45, 2.75) is 13.8 Å². The Bertz CT molecular complexity index is 1340. The molecule has 2 aromatic carbocycles. The molecule has 0 saturated heterocycles. The third-order valence-corrected chi connectivity index (χ3v) is 4.84. The molecule has 6 heteroatoms. The molecule has 0 aliphatic carbocycles. The zero-order chi connectivity index (χ0) is 18.0. The van der Waals surface area contributed by atoms with E-state index in [9.17, 15) is 14.4 Å². The van der Waals surface area contributed by atoms with Gasteiger partial charge in [-0.2, -0.15) is 0 Å². The van der Waals surface area contributed by atoms with Gasteiger partial charge in [-0.15, -0.1) is 0 Å². The first-order valence-corrected chi connectivity index (χ1v) is 7.89. The molecular weight excluding hydrogens is 320 g/mol. The van der Waals surface area contributed by atoms with E-state index in [0.29, 0.717) is 21.9 Å². The van der Waals surface area contributed by atoms with Gasteiger partial charge in [0.25, 0.3) is 5.56 Å². The predicted molar refractivity (Wildman–Crippen MR) is 96.4 cm³/mol. The number of fused-ring (bicyclic) bond motifs is 5. The second-order valence-electron chi connectivity index (χ2n) is 6.29. The maximum Gasteiger partial charge on any atom is 0.333 e. The molecule has 25 heavy (non-hydrogen) atoms. The third kappa shape index (κ3) is 1.82. The van der Waals surface area contributed by atoms with E-state index in [1.54, 1.807) is 7.05 Å². The van der Waals surface area contributed by atoms with Crippen LogP contribution in [0, 0.1) is 6.92 Å². The lowest BCUT2D eigenvalue weighted by Crippen LogP contribution is -2.36.